The second-order valence-electron chi connectivity index (χ2n) is 4.42. The predicted molar refractivity (Wildman–Crippen MR) is 82.0 cm³/mol. The summed E-state index contributed by atoms with van der Waals surface area (Å²) in [4.78, 5) is 15.8. The standard InChI is InChI=1S/C14H16BrN3O2/c1-9-13(15)10(2)18(14(19)17-9)7-8-20-12-6-4-3-5-11(12)16/h3-6H,7-8,16H2,1-2H3. The van der Waals surface area contributed by atoms with Gasteiger partial charge in [-0.3, -0.25) is 4.57 Å². The molecule has 0 radical (unpaired) electrons. The van der Waals surface area contributed by atoms with Gasteiger partial charge < -0.3 is 10.5 Å². The molecule has 0 atom stereocenters. The minimum Gasteiger partial charge on any atom is -0.490 e. The molecule has 1 aromatic carbocycles. The molecule has 0 unspecified atom stereocenters. The Morgan fingerprint density at radius 3 is 2.75 bits per heavy atom. The van der Waals surface area contributed by atoms with Crippen LogP contribution in [-0.2, 0) is 6.54 Å². The zero-order valence-corrected chi connectivity index (χ0v) is 13.0. The molecule has 2 aromatic rings. The Kier molecular flexibility index (Phi) is 4.44. The highest BCUT2D eigenvalue weighted by atomic mass is 79.9. The number of nitrogens with two attached hydrogens (primary N) is 1. The molecule has 0 fully saturated rings. The van der Waals surface area contributed by atoms with Crippen LogP contribution in [0.25, 0.3) is 0 Å². The zero-order valence-electron chi connectivity index (χ0n) is 11.4. The van der Waals surface area contributed by atoms with E-state index in [4.69, 9.17) is 10.5 Å². The molecule has 0 aliphatic carbocycles. The van der Waals surface area contributed by atoms with Crippen LogP contribution in [0.2, 0.25) is 0 Å². The van der Waals surface area contributed by atoms with Gasteiger partial charge in [-0.05, 0) is 41.9 Å². The third-order valence-corrected chi connectivity index (χ3v) is 4.17. The summed E-state index contributed by atoms with van der Waals surface area (Å²) in [5.41, 5.74) is 7.63. The van der Waals surface area contributed by atoms with Crippen molar-refractivity contribution in [3.63, 3.8) is 0 Å². The van der Waals surface area contributed by atoms with E-state index >= 15 is 0 Å². The molecular formula is C14H16BrN3O2. The van der Waals surface area contributed by atoms with Gasteiger partial charge in [0.05, 0.1) is 22.4 Å². The van der Waals surface area contributed by atoms with E-state index in [9.17, 15) is 4.79 Å². The van der Waals surface area contributed by atoms with E-state index in [-0.39, 0.29) is 5.69 Å². The predicted octanol–water partition coefficient (Wildman–Crippen LogP) is 2.28. The zero-order chi connectivity index (χ0) is 14.7. The molecule has 0 saturated heterocycles. The normalized spacial score (nSPS) is 10.6. The van der Waals surface area contributed by atoms with E-state index in [0.29, 0.717) is 30.3 Å². The Morgan fingerprint density at radius 2 is 2.05 bits per heavy atom. The number of aromatic nitrogens is 2. The summed E-state index contributed by atoms with van der Waals surface area (Å²) < 4.78 is 8.02. The minimum absolute atomic E-state index is 0.271. The molecule has 2 N–H and O–H groups in total. The van der Waals surface area contributed by atoms with Crippen LogP contribution >= 0.6 is 15.9 Å². The van der Waals surface area contributed by atoms with Gasteiger partial charge in [0.1, 0.15) is 12.4 Å². The number of benzene rings is 1. The first kappa shape index (κ1) is 14.6. The highest BCUT2D eigenvalue weighted by molar-refractivity contribution is 9.10. The van der Waals surface area contributed by atoms with Gasteiger partial charge >= 0.3 is 5.69 Å². The first-order valence-corrected chi connectivity index (χ1v) is 7.01. The molecule has 1 aromatic heterocycles. The molecule has 0 spiro atoms. The van der Waals surface area contributed by atoms with Gasteiger partial charge in [0.15, 0.2) is 0 Å². The van der Waals surface area contributed by atoms with Crippen LogP contribution in [0.4, 0.5) is 5.69 Å². The molecule has 1 heterocycles. The summed E-state index contributed by atoms with van der Waals surface area (Å²) in [6, 6.07) is 7.27. The van der Waals surface area contributed by atoms with Crippen molar-refractivity contribution in [3.05, 3.63) is 50.6 Å². The molecule has 0 amide bonds. The Morgan fingerprint density at radius 1 is 1.35 bits per heavy atom. The first-order chi connectivity index (χ1) is 9.50. The van der Waals surface area contributed by atoms with Crippen molar-refractivity contribution in [1.82, 2.24) is 9.55 Å². The van der Waals surface area contributed by atoms with Gasteiger partial charge in [-0.2, -0.15) is 4.98 Å². The maximum Gasteiger partial charge on any atom is 0.348 e. The van der Waals surface area contributed by atoms with E-state index in [1.807, 2.05) is 19.1 Å². The summed E-state index contributed by atoms with van der Waals surface area (Å²) in [6.45, 7) is 4.44. The molecule has 5 nitrogen and oxygen atoms in total. The van der Waals surface area contributed by atoms with Crippen molar-refractivity contribution >= 4 is 21.6 Å². The van der Waals surface area contributed by atoms with Crippen LogP contribution in [0.5, 0.6) is 5.75 Å². The fraction of sp³-hybridized carbons (Fsp3) is 0.286. The van der Waals surface area contributed by atoms with Crippen molar-refractivity contribution in [2.24, 2.45) is 0 Å². The van der Waals surface area contributed by atoms with Crippen LogP contribution < -0.4 is 16.2 Å². The van der Waals surface area contributed by atoms with E-state index in [0.717, 1.165) is 10.2 Å². The van der Waals surface area contributed by atoms with Gasteiger partial charge in [-0.25, -0.2) is 4.79 Å². The molecule has 0 bridgehead atoms. The molecule has 0 aliphatic heterocycles. The molecule has 2 rings (SSSR count). The molecule has 0 saturated carbocycles. The van der Waals surface area contributed by atoms with Crippen molar-refractivity contribution < 1.29 is 4.74 Å². The Hall–Kier alpha value is -1.82. The van der Waals surface area contributed by atoms with Crippen molar-refractivity contribution in [2.75, 3.05) is 12.3 Å². The van der Waals surface area contributed by atoms with Crippen molar-refractivity contribution in [3.8, 4) is 5.75 Å². The number of nitrogens with zero attached hydrogens (tertiary/aromatic N) is 2. The number of hydrogen-bond acceptors (Lipinski definition) is 4. The SMILES string of the molecule is Cc1nc(=O)n(CCOc2ccccc2N)c(C)c1Br. The number of para-hydroxylation sites is 2. The summed E-state index contributed by atoms with van der Waals surface area (Å²) in [5.74, 6) is 0.623. The molecule has 0 aliphatic rings. The Bertz CT molecular complexity index is 683. The van der Waals surface area contributed by atoms with E-state index in [2.05, 4.69) is 20.9 Å². The van der Waals surface area contributed by atoms with Gasteiger partial charge in [-0.1, -0.05) is 12.1 Å². The van der Waals surface area contributed by atoms with E-state index < -0.39 is 0 Å². The number of anilines is 1. The van der Waals surface area contributed by atoms with Gasteiger partial charge in [-0.15, -0.1) is 0 Å². The number of aryl methyl sites for hydroxylation is 1. The van der Waals surface area contributed by atoms with Gasteiger partial charge in [0.25, 0.3) is 0 Å². The topological polar surface area (TPSA) is 70.1 Å². The number of halogens is 1. The van der Waals surface area contributed by atoms with Gasteiger partial charge in [0, 0.05) is 5.69 Å². The maximum atomic E-state index is 11.9. The lowest BCUT2D eigenvalue weighted by Gasteiger charge is -2.13. The fourth-order valence-corrected chi connectivity index (χ4v) is 2.20. The highest BCUT2D eigenvalue weighted by Gasteiger charge is 2.09. The van der Waals surface area contributed by atoms with E-state index in [1.165, 1.54) is 0 Å². The smallest absolute Gasteiger partial charge is 0.348 e. The number of rotatable bonds is 4. The van der Waals surface area contributed by atoms with Crippen molar-refractivity contribution in [2.45, 2.75) is 20.4 Å². The number of nitrogen functional groups attached to an aromatic ring is 1. The summed E-state index contributed by atoms with van der Waals surface area (Å²) in [7, 11) is 0. The average Bonchev–Trinajstić information content (AvgIpc) is 2.42. The monoisotopic (exact) mass is 337 g/mol. The second kappa shape index (κ2) is 6.09. The molecule has 20 heavy (non-hydrogen) atoms. The first-order valence-electron chi connectivity index (χ1n) is 6.21. The molecular weight excluding hydrogens is 322 g/mol. The summed E-state index contributed by atoms with van der Waals surface area (Å²) in [5, 5.41) is 0. The van der Waals surface area contributed by atoms with Crippen LogP contribution in [0.15, 0.2) is 33.5 Å². The number of hydrogen-bond donors (Lipinski definition) is 1. The second-order valence-corrected chi connectivity index (χ2v) is 5.21. The van der Waals surface area contributed by atoms with Crippen molar-refractivity contribution in [1.29, 1.82) is 0 Å². The summed E-state index contributed by atoms with van der Waals surface area (Å²) in [6.07, 6.45) is 0. The lowest BCUT2D eigenvalue weighted by Crippen LogP contribution is -2.28. The van der Waals surface area contributed by atoms with Crippen LogP contribution in [0.3, 0.4) is 0 Å². The van der Waals surface area contributed by atoms with Crippen LogP contribution in [0.1, 0.15) is 11.4 Å². The minimum atomic E-state index is -0.271. The fourth-order valence-electron chi connectivity index (χ4n) is 1.90. The quantitative estimate of drug-likeness (QED) is 0.869. The Balaban J connectivity index is 2.11. The highest BCUT2D eigenvalue weighted by Crippen LogP contribution is 2.20. The number of ether oxygens (including phenoxy) is 1. The average molecular weight is 338 g/mol. The Labute approximate surface area is 125 Å². The maximum absolute atomic E-state index is 11.9. The van der Waals surface area contributed by atoms with Crippen LogP contribution in [0, 0.1) is 13.8 Å². The van der Waals surface area contributed by atoms with Gasteiger partial charge in [0.2, 0.25) is 0 Å². The molecule has 106 valence electrons. The van der Waals surface area contributed by atoms with E-state index in [1.54, 1.807) is 23.6 Å². The summed E-state index contributed by atoms with van der Waals surface area (Å²) >= 11 is 3.43. The molecule has 6 heteroatoms. The lowest BCUT2D eigenvalue weighted by atomic mass is 10.3. The lowest BCUT2D eigenvalue weighted by molar-refractivity contribution is 0.295. The third-order valence-electron chi connectivity index (χ3n) is 3.03. The largest absolute Gasteiger partial charge is 0.490 e. The van der Waals surface area contributed by atoms with Crippen LogP contribution in [-0.4, -0.2) is 16.2 Å². The third kappa shape index (κ3) is 3.01.